The van der Waals surface area contributed by atoms with E-state index in [-0.39, 0.29) is 28.7 Å². The highest BCUT2D eigenvalue weighted by atomic mass is 35.5. The van der Waals surface area contributed by atoms with Crippen LogP contribution in [0.15, 0.2) is 78.0 Å². The number of carbonyl (C=O) groups excluding carboxylic acids is 4. The summed E-state index contributed by atoms with van der Waals surface area (Å²) in [6, 6.07) is 18.9. The number of nitrogens with one attached hydrogen (secondary N) is 4. The van der Waals surface area contributed by atoms with Crippen LogP contribution >= 0.6 is 11.6 Å². The molecule has 0 saturated carbocycles. The summed E-state index contributed by atoms with van der Waals surface area (Å²) in [5.41, 5.74) is 9.41. The summed E-state index contributed by atoms with van der Waals surface area (Å²) in [7, 11) is 1.52. The first-order valence-electron chi connectivity index (χ1n) is 12.5. The van der Waals surface area contributed by atoms with Gasteiger partial charge in [-0.25, -0.2) is 5.01 Å². The van der Waals surface area contributed by atoms with Crippen molar-refractivity contribution in [2.75, 3.05) is 35.4 Å². The average Bonchev–Trinajstić information content (AvgIpc) is 2.98. The van der Waals surface area contributed by atoms with Gasteiger partial charge >= 0.3 is 0 Å². The second-order valence-electron chi connectivity index (χ2n) is 9.06. The van der Waals surface area contributed by atoms with E-state index in [0.29, 0.717) is 11.3 Å². The predicted octanol–water partition coefficient (Wildman–Crippen LogP) is 3.48. The van der Waals surface area contributed by atoms with E-state index in [1.807, 2.05) is 30.3 Å². The molecule has 1 aliphatic rings. The molecule has 4 N–H and O–H groups in total. The van der Waals surface area contributed by atoms with Crippen molar-refractivity contribution >= 4 is 58.6 Å². The first kappa shape index (κ1) is 28.9. The van der Waals surface area contributed by atoms with Gasteiger partial charge in [-0.1, -0.05) is 47.2 Å². The van der Waals surface area contributed by atoms with E-state index in [2.05, 4.69) is 15.9 Å². The number of anilines is 3. The lowest BCUT2D eigenvalue weighted by molar-refractivity contribution is -0.143. The normalized spacial score (nSPS) is 13.8. The molecule has 1 saturated heterocycles. The third-order valence-corrected chi connectivity index (χ3v) is 6.75. The highest BCUT2D eigenvalue weighted by molar-refractivity contribution is 6.31. The number of nitrogens with zero attached hydrogens (tertiary/aromatic N) is 4. The monoisotopic (exact) mass is 574 g/mol. The van der Waals surface area contributed by atoms with Crippen LogP contribution in [0.25, 0.3) is 0 Å². The third kappa shape index (κ3) is 6.56. The van der Waals surface area contributed by atoms with E-state index in [1.54, 1.807) is 24.3 Å². The zero-order chi connectivity index (χ0) is 29.5. The van der Waals surface area contributed by atoms with Crippen LogP contribution in [0, 0.1) is 10.9 Å². The quantitative estimate of drug-likeness (QED) is 0.126. The van der Waals surface area contributed by atoms with Gasteiger partial charge in [0.15, 0.2) is 0 Å². The third-order valence-electron chi connectivity index (χ3n) is 6.52. The maximum Gasteiger partial charge on any atom is 0.251 e. The zero-order valence-electron chi connectivity index (χ0n) is 22.0. The first-order valence-corrected chi connectivity index (χ1v) is 12.9. The van der Waals surface area contributed by atoms with Crippen molar-refractivity contribution in [1.82, 2.24) is 10.2 Å². The van der Waals surface area contributed by atoms with Crippen LogP contribution in [0.5, 0.6) is 0 Å². The van der Waals surface area contributed by atoms with Gasteiger partial charge in [-0.3, -0.25) is 29.5 Å². The lowest BCUT2D eigenvalue weighted by atomic mass is 10.0. The van der Waals surface area contributed by atoms with Gasteiger partial charge in [0.05, 0.1) is 11.4 Å². The van der Waals surface area contributed by atoms with Crippen molar-refractivity contribution in [2.24, 2.45) is 5.22 Å². The van der Waals surface area contributed by atoms with Crippen LogP contribution in [0.4, 0.5) is 17.1 Å². The summed E-state index contributed by atoms with van der Waals surface area (Å²) in [6.45, 7) is -0.788. The standard InChI is InChI=1S/C28H27ClN8O4/c1-32-27(40)19-7-10-21(11-8-19)33-28(41)24(13-18-5-3-2-4-6-18)36-16-25(38)35(15-26(36)39)23-14-20(29)9-12-22(23)37(17-30)34-31/h2-12,14,17,24,30-31H,13,15-16H2,1H3,(H,32,40)(H,33,41). The zero-order valence-corrected chi connectivity index (χ0v) is 22.8. The molecule has 0 aromatic heterocycles. The molecule has 210 valence electrons. The molecule has 1 aliphatic heterocycles. The van der Waals surface area contributed by atoms with Gasteiger partial charge in [0, 0.05) is 29.7 Å². The van der Waals surface area contributed by atoms with Crippen LogP contribution in [0.3, 0.4) is 0 Å². The first-order chi connectivity index (χ1) is 19.7. The molecule has 12 nitrogen and oxygen atoms in total. The molecule has 3 aromatic carbocycles. The molecule has 0 aliphatic carbocycles. The average molecular weight is 575 g/mol. The molecule has 0 spiro atoms. The lowest BCUT2D eigenvalue weighted by Crippen LogP contribution is -2.60. The van der Waals surface area contributed by atoms with Crippen molar-refractivity contribution in [2.45, 2.75) is 12.5 Å². The van der Waals surface area contributed by atoms with E-state index < -0.39 is 36.9 Å². The lowest BCUT2D eigenvalue weighted by Gasteiger charge is -2.38. The van der Waals surface area contributed by atoms with Gasteiger partial charge in [-0.05, 0) is 48.0 Å². The second-order valence-corrected chi connectivity index (χ2v) is 9.50. The van der Waals surface area contributed by atoms with Gasteiger partial charge in [0.1, 0.15) is 25.5 Å². The van der Waals surface area contributed by atoms with Gasteiger partial charge in [0.25, 0.3) is 5.91 Å². The molecular formula is C28H27ClN8O4. The molecule has 13 heteroatoms. The van der Waals surface area contributed by atoms with Crippen molar-refractivity contribution in [3.05, 3.63) is 88.9 Å². The summed E-state index contributed by atoms with van der Waals surface area (Å²) in [6.07, 6.45) is 0.952. The van der Waals surface area contributed by atoms with E-state index in [1.165, 1.54) is 35.0 Å². The minimum absolute atomic E-state index is 0.156. The number of benzene rings is 3. The number of hydrogen-bond donors (Lipinski definition) is 4. The smallest absolute Gasteiger partial charge is 0.251 e. The fraction of sp³-hybridized carbons (Fsp3) is 0.179. The fourth-order valence-corrected chi connectivity index (χ4v) is 4.62. The molecule has 41 heavy (non-hydrogen) atoms. The Bertz CT molecular complexity index is 1470. The Kier molecular flexibility index (Phi) is 9.05. The van der Waals surface area contributed by atoms with Crippen molar-refractivity contribution in [3.63, 3.8) is 0 Å². The van der Waals surface area contributed by atoms with Crippen LogP contribution < -0.4 is 20.5 Å². The summed E-state index contributed by atoms with van der Waals surface area (Å²) >= 11 is 6.17. The van der Waals surface area contributed by atoms with Gasteiger partial charge in [-0.2, -0.15) is 5.53 Å². The maximum absolute atomic E-state index is 13.6. The summed E-state index contributed by atoms with van der Waals surface area (Å²) in [5.74, 6) is -1.73. The van der Waals surface area contributed by atoms with E-state index >= 15 is 0 Å². The molecule has 0 bridgehead atoms. The van der Waals surface area contributed by atoms with Crippen LogP contribution in [-0.4, -0.2) is 61.0 Å². The second kappa shape index (κ2) is 12.8. The number of carbonyl (C=O) groups is 4. The molecule has 0 radical (unpaired) electrons. The summed E-state index contributed by atoms with van der Waals surface area (Å²) in [5, 5.41) is 17.3. The SMILES string of the molecule is CNC(=O)c1ccc(NC(=O)C(Cc2ccccc2)N2CC(=O)N(c3cc(Cl)ccc3N(C=N)N=N)CC2=O)cc1. The molecular weight excluding hydrogens is 548 g/mol. The van der Waals surface area contributed by atoms with Gasteiger partial charge in [0.2, 0.25) is 17.7 Å². The molecule has 1 fully saturated rings. The molecule has 3 aromatic rings. The van der Waals surface area contributed by atoms with E-state index in [4.69, 9.17) is 22.5 Å². The molecule has 4 rings (SSSR count). The predicted molar refractivity (Wildman–Crippen MR) is 154 cm³/mol. The van der Waals surface area contributed by atoms with E-state index in [9.17, 15) is 19.2 Å². The number of amides is 4. The number of rotatable bonds is 10. The van der Waals surface area contributed by atoms with Gasteiger partial charge < -0.3 is 15.5 Å². The van der Waals surface area contributed by atoms with Crippen LogP contribution in [-0.2, 0) is 20.8 Å². The van der Waals surface area contributed by atoms with Crippen LogP contribution in [0.2, 0.25) is 5.02 Å². The van der Waals surface area contributed by atoms with E-state index in [0.717, 1.165) is 16.9 Å². The van der Waals surface area contributed by atoms with Crippen molar-refractivity contribution in [3.8, 4) is 0 Å². The fourth-order valence-electron chi connectivity index (χ4n) is 4.45. The van der Waals surface area contributed by atoms with Crippen LogP contribution in [0.1, 0.15) is 15.9 Å². The highest BCUT2D eigenvalue weighted by Crippen LogP contribution is 2.34. The summed E-state index contributed by atoms with van der Waals surface area (Å²) < 4.78 is 0. The Morgan fingerprint density at radius 2 is 1.76 bits per heavy atom. The number of piperazine rings is 1. The number of halogens is 1. The Hall–Kier alpha value is -5.10. The summed E-state index contributed by atoms with van der Waals surface area (Å²) in [4.78, 5) is 54.8. The topological polar surface area (TPSA) is 162 Å². The molecule has 1 unspecified atom stereocenters. The Morgan fingerprint density at radius 1 is 1.05 bits per heavy atom. The molecule has 1 heterocycles. The Labute approximate surface area is 240 Å². The van der Waals surface area contributed by atoms with Crippen molar-refractivity contribution in [1.29, 1.82) is 10.9 Å². The van der Waals surface area contributed by atoms with Gasteiger partial charge in [-0.15, -0.1) is 0 Å². The molecule has 4 amide bonds. The minimum Gasteiger partial charge on any atom is -0.355 e. The Morgan fingerprint density at radius 3 is 2.39 bits per heavy atom. The maximum atomic E-state index is 13.6. The highest BCUT2D eigenvalue weighted by Gasteiger charge is 2.39. The Balaban J connectivity index is 1.61. The van der Waals surface area contributed by atoms with Crippen molar-refractivity contribution < 1.29 is 19.2 Å². The molecule has 1 atom stereocenters. The largest absolute Gasteiger partial charge is 0.355 e. The minimum atomic E-state index is -1.02. The number of hydrogen-bond acceptors (Lipinski definition) is 7.